The minimum absolute atomic E-state index is 0.0779. The van der Waals surface area contributed by atoms with Gasteiger partial charge >= 0.3 is 17.9 Å². The highest BCUT2D eigenvalue weighted by molar-refractivity contribution is 5.71. The Kier molecular flexibility index (Phi) is 69.1. The second-order valence-electron chi connectivity index (χ2n) is 24.8. The number of carbonyl (C=O) groups excluding carboxylic acids is 3. The zero-order valence-corrected chi connectivity index (χ0v) is 55.7. The first-order chi connectivity index (χ1) is 41.0. The summed E-state index contributed by atoms with van der Waals surface area (Å²) in [5, 5.41) is 0. The molecule has 0 aromatic carbocycles. The van der Waals surface area contributed by atoms with Gasteiger partial charge in [0.2, 0.25) is 0 Å². The molecule has 0 rings (SSSR count). The molecule has 484 valence electrons. The van der Waals surface area contributed by atoms with E-state index in [9.17, 15) is 14.4 Å². The normalized spacial score (nSPS) is 12.4. The SMILES string of the molecule is CCCC/C=C\C/C=C\CCCCCCCC(=O)OCC(COC(=O)CCCCCCCCCCCCCCCCCCCCCCCCC/C=C\C/C=C\CCCCCCC)OC(=O)CCCCCCC/C=C\CCCCCCCCC. The number of ether oxygens (including phenoxy) is 3. The molecular weight excluding hydrogens is 1020 g/mol. The van der Waals surface area contributed by atoms with E-state index < -0.39 is 6.10 Å². The van der Waals surface area contributed by atoms with Crippen LogP contribution in [0.25, 0.3) is 0 Å². The highest BCUT2D eigenvalue weighted by Gasteiger charge is 2.19. The quantitative estimate of drug-likeness (QED) is 0.0261. The third-order valence-electron chi connectivity index (χ3n) is 16.5. The van der Waals surface area contributed by atoms with Crippen LogP contribution in [0.1, 0.15) is 393 Å². The Hall–Kier alpha value is -2.89. The minimum atomic E-state index is -0.783. The first-order valence-electron chi connectivity index (χ1n) is 36.8. The molecule has 0 amide bonds. The van der Waals surface area contributed by atoms with E-state index >= 15 is 0 Å². The van der Waals surface area contributed by atoms with Crippen molar-refractivity contribution in [2.24, 2.45) is 0 Å². The first kappa shape index (κ1) is 80.1. The average molecular weight is 1160 g/mol. The maximum atomic E-state index is 12.9. The topological polar surface area (TPSA) is 78.9 Å². The lowest BCUT2D eigenvalue weighted by Gasteiger charge is -2.18. The van der Waals surface area contributed by atoms with Crippen LogP contribution >= 0.6 is 0 Å². The summed E-state index contributed by atoms with van der Waals surface area (Å²) in [4.78, 5) is 38.4. The Morgan fingerprint density at radius 2 is 0.446 bits per heavy atom. The second kappa shape index (κ2) is 71.6. The summed E-state index contributed by atoms with van der Waals surface area (Å²) in [6.45, 7) is 6.62. The van der Waals surface area contributed by atoms with E-state index in [1.165, 1.54) is 263 Å². The zero-order valence-electron chi connectivity index (χ0n) is 55.7. The van der Waals surface area contributed by atoms with Crippen molar-refractivity contribution in [3.63, 3.8) is 0 Å². The van der Waals surface area contributed by atoms with Crippen molar-refractivity contribution in [1.82, 2.24) is 0 Å². The molecule has 6 nitrogen and oxygen atoms in total. The Morgan fingerprint density at radius 3 is 0.711 bits per heavy atom. The first-order valence-corrected chi connectivity index (χ1v) is 36.8. The largest absolute Gasteiger partial charge is 0.462 e. The molecule has 0 aromatic rings. The summed E-state index contributed by atoms with van der Waals surface area (Å²) >= 11 is 0. The van der Waals surface area contributed by atoms with Crippen LogP contribution in [0.15, 0.2) is 60.8 Å². The highest BCUT2D eigenvalue weighted by Crippen LogP contribution is 2.18. The molecule has 0 saturated heterocycles. The fourth-order valence-electron chi connectivity index (χ4n) is 10.9. The molecule has 0 heterocycles. The third kappa shape index (κ3) is 69.8. The van der Waals surface area contributed by atoms with Gasteiger partial charge in [0.1, 0.15) is 13.2 Å². The van der Waals surface area contributed by atoms with E-state index in [0.717, 1.165) is 89.9 Å². The molecule has 0 aliphatic heterocycles. The van der Waals surface area contributed by atoms with Crippen LogP contribution in [-0.4, -0.2) is 37.2 Å². The number of unbranched alkanes of at least 4 members (excludes halogenated alkanes) is 47. The smallest absolute Gasteiger partial charge is 0.306 e. The lowest BCUT2D eigenvalue weighted by Crippen LogP contribution is -2.30. The number of carbonyl (C=O) groups is 3. The summed E-state index contributed by atoms with van der Waals surface area (Å²) in [6, 6.07) is 0. The fourth-order valence-corrected chi connectivity index (χ4v) is 10.9. The van der Waals surface area contributed by atoms with Gasteiger partial charge in [0.15, 0.2) is 6.10 Å². The molecule has 0 spiro atoms. The third-order valence-corrected chi connectivity index (χ3v) is 16.5. The predicted molar refractivity (Wildman–Crippen MR) is 362 cm³/mol. The standard InChI is InChI=1S/C77H140O6/c1-4-7-10-13-16-19-22-25-28-30-31-32-33-34-35-36-37-38-39-40-41-42-43-44-45-46-47-48-50-52-55-58-61-64-67-70-76(79)82-73-74(72-81-75(78)69-66-63-60-57-54-51-27-24-21-18-15-12-9-6-3)83-77(80)71-68-65-62-59-56-53-49-29-26-23-20-17-14-11-8-5-2/h15,18,22,24-25,27,29-31,49,74H,4-14,16-17,19-21,23,26,28,32-48,50-73H2,1-3H3/b18-15-,25-22-,27-24-,31-30-,49-29-. The molecule has 0 radical (unpaired) electrons. The van der Waals surface area contributed by atoms with E-state index in [-0.39, 0.29) is 31.1 Å². The average Bonchev–Trinajstić information content (AvgIpc) is 3.49. The van der Waals surface area contributed by atoms with Gasteiger partial charge in [0, 0.05) is 19.3 Å². The Balaban J connectivity index is 4.10. The minimum Gasteiger partial charge on any atom is -0.462 e. The van der Waals surface area contributed by atoms with Crippen molar-refractivity contribution in [3.8, 4) is 0 Å². The van der Waals surface area contributed by atoms with Gasteiger partial charge in [-0.25, -0.2) is 0 Å². The van der Waals surface area contributed by atoms with Crippen LogP contribution in [0.5, 0.6) is 0 Å². The molecule has 0 N–H and O–H groups in total. The molecule has 1 atom stereocenters. The monoisotopic (exact) mass is 1160 g/mol. The van der Waals surface area contributed by atoms with E-state index in [2.05, 4.69) is 81.5 Å². The van der Waals surface area contributed by atoms with Crippen LogP contribution < -0.4 is 0 Å². The second-order valence-corrected chi connectivity index (χ2v) is 24.8. The molecule has 83 heavy (non-hydrogen) atoms. The van der Waals surface area contributed by atoms with Crippen LogP contribution in [-0.2, 0) is 28.6 Å². The maximum absolute atomic E-state index is 12.9. The lowest BCUT2D eigenvalue weighted by atomic mass is 10.0. The number of esters is 3. The molecule has 1 unspecified atom stereocenters. The summed E-state index contributed by atoms with van der Waals surface area (Å²) in [6.07, 6.45) is 92.8. The van der Waals surface area contributed by atoms with Gasteiger partial charge in [-0.2, -0.15) is 0 Å². The number of hydrogen-bond acceptors (Lipinski definition) is 6. The summed E-state index contributed by atoms with van der Waals surface area (Å²) in [5.74, 6) is -0.878. The van der Waals surface area contributed by atoms with Gasteiger partial charge < -0.3 is 14.2 Å². The number of rotatable bonds is 68. The van der Waals surface area contributed by atoms with Gasteiger partial charge in [-0.05, 0) is 103 Å². The fraction of sp³-hybridized carbons (Fsp3) is 0.831. The molecule has 0 aliphatic carbocycles. The van der Waals surface area contributed by atoms with Crippen molar-refractivity contribution in [2.45, 2.75) is 399 Å². The van der Waals surface area contributed by atoms with Crippen molar-refractivity contribution >= 4 is 17.9 Å². The summed E-state index contributed by atoms with van der Waals surface area (Å²) in [5.41, 5.74) is 0. The van der Waals surface area contributed by atoms with Crippen molar-refractivity contribution in [2.75, 3.05) is 13.2 Å². The van der Waals surface area contributed by atoms with E-state index in [1.807, 2.05) is 0 Å². The molecule has 0 bridgehead atoms. The predicted octanol–water partition coefficient (Wildman–Crippen LogP) is 25.5. The van der Waals surface area contributed by atoms with Crippen LogP contribution in [0, 0.1) is 0 Å². The molecule has 0 aromatic heterocycles. The molecular formula is C77H140O6. The molecule has 0 fully saturated rings. The molecule has 0 aliphatic rings. The zero-order chi connectivity index (χ0) is 59.9. The summed E-state index contributed by atoms with van der Waals surface area (Å²) in [7, 11) is 0. The van der Waals surface area contributed by atoms with Gasteiger partial charge in [-0.3, -0.25) is 14.4 Å². The van der Waals surface area contributed by atoms with Gasteiger partial charge in [-0.15, -0.1) is 0 Å². The van der Waals surface area contributed by atoms with Gasteiger partial charge in [0.25, 0.3) is 0 Å². The molecule has 6 heteroatoms. The van der Waals surface area contributed by atoms with E-state index in [1.54, 1.807) is 0 Å². The van der Waals surface area contributed by atoms with Crippen molar-refractivity contribution in [1.29, 1.82) is 0 Å². The van der Waals surface area contributed by atoms with Crippen LogP contribution in [0.3, 0.4) is 0 Å². The lowest BCUT2D eigenvalue weighted by molar-refractivity contribution is -0.167. The number of hydrogen-bond donors (Lipinski definition) is 0. The van der Waals surface area contributed by atoms with Gasteiger partial charge in [-0.1, -0.05) is 332 Å². The van der Waals surface area contributed by atoms with Crippen molar-refractivity contribution < 1.29 is 28.6 Å². The molecule has 0 saturated carbocycles. The van der Waals surface area contributed by atoms with Crippen molar-refractivity contribution in [3.05, 3.63) is 60.8 Å². The van der Waals surface area contributed by atoms with Gasteiger partial charge in [0.05, 0.1) is 0 Å². The van der Waals surface area contributed by atoms with E-state index in [4.69, 9.17) is 14.2 Å². The van der Waals surface area contributed by atoms with Crippen LogP contribution in [0.2, 0.25) is 0 Å². The summed E-state index contributed by atoms with van der Waals surface area (Å²) < 4.78 is 17.0. The van der Waals surface area contributed by atoms with Crippen LogP contribution in [0.4, 0.5) is 0 Å². The highest BCUT2D eigenvalue weighted by atomic mass is 16.6. The number of allylic oxidation sites excluding steroid dienone is 10. The Morgan fingerprint density at radius 1 is 0.241 bits per heavy atom. The Labute approximate surface area is 517 Å². The maximum Gasteiger partial charge on any atom is 0.306 e. The Bertz CT molecular complexity index is 1470. The van der Waals surface area contributed by atoms with E-state index in [0.29, 0.717) is 19.3 Å².